The molecule has 1 aliphatic heterocycles. The van der Waals surface area contributed by atoms with E-state index in [1.54, 1.807) is 30.3 Å². The lowest BCUT2D eigenvalue weighted by atomic mass is 10.1. The fourth-order valence-electron chi connectivity index (χ4n) is 2.99. The number of methoxy groups -OCH3 is 2. The lowest BCUT2D eigenvalue weighted by molar-refractivity contribution is -0.148. The van der Waals surface area contributed by atoms with Crippen molar-refractivity contribution in [2.75, 3.05) is 14.2 Å². The van der Waals surface area contributed by atoms with Gasteiger partial charge in [-0.1, -0.05) is 29.3 Å². The number of amides is 2. The highest BCUT2D eigenvalue weighted by Crippen LogP contribution is 2.38. The lowest BCUT2D eigenvalue weighted by Crippen LogP contribution is -2.42. The van der Waals surface area contributed by atoms with Crippen LogP contribution in [-0.4, -0.2) is 42.3 Å². The van der Waals surface area contributed by atoms with E-state index in [0.717, 1.165) is 25.8 Å². The van der Waals surface area contributed by atoms with Crippen LogP contribution in [0.1, 0.15) is 18.1 Å². The minimum atomic E-state index is -1.01. The average Bonchev–Trinajstić information content (AvgIpc) is 3.06. The SMILES string of the molecule is COC(=O)[C@@H](C)N1C(=O)S/C(=C/c2cc(I)c(OCc3ccc(Cl)c(Cl)c3)c(OC)c2)C1=O. The fourth-order valence-corrected chi connectivity index (χ4v) is 5.00. The number of benzene rings is 2. The van der Waals surface area contributed by atoms with Gasteiger partial charge in [-0.2, -0.15) is 0 Å². The molecule has 0 radical (unpaired) electrons. The smallest absolute Gasteiger partial charge is 0.328 e. The number of carbonyl (C=O) groups excluding carboxylic acids is 3. The minimum Gasteiger partial charge on any atom is -0.493 e. The van der Waals surface area contributed by atoms with Crippen molar-refractivity contribution in [2.45, 2.75) is 19.6 Å². The largest absolute Gasteiger partial charge is 0.493 e. The number of halogens is 3. The average molecular weight is 622 g/mol. The van der Waals surface area contributed by atoms with E-state index in [4.69, 9.17) is 32.7 Å². The summed E-state index contributed by atoms with van der Waals surface area (Å²) in [6, 6.07) is 7.72. The fraction of sp³-hybridized carbons (Fsp3) is 0.227. The van der Waals surface area contributed by atoms with Crippen molar-refractivity contribution in [3.63, 3.8) is 0 Å². The summed E-state index contributed by atoms with van der Waals surface area (Å²) >= 11 is 14.9. The Hall–Kier alpha value is -1.95. The van der Waals surface area contributed by atoms with Crippen molar-refractivity contribution >= 4 is 80.7 Å². The standard InChI is InChI=1S/C22H18Cl2INO6S/c1-11(21(28)31-3)26-20(27)18(33-22(26)29)9-13-7-16(25)19(17(8-13)30-2)32-10-12-4-5-14(23)15(24)6-12/h4-9,11H,10H2,1-3H3/b18-9+/t11-/m1/s1. The summed E-state index contributed by atoms with van der Waals surface area (Å²) in [6.07, 6.45) is 1.57. The van der Waals surface area contributed by atoms with E-state index in [9.17, 15) is 14.4 Å². The van der Waals surface area contributed by atoms with Crippen molar-refractivity contribution in [1.29, 1.82) is 0 Å². The van der Waals surface area contributed by atoms with Crippen LogP contribution in [0.25, 0.3) is 6.08 Å². The third-order valence-corrected chi connectivity index (χ3v) is 7.09. The van der Waals surface area contributed by atoms with Gasteiger partial charge in [-0.15, -0.1) is 0 Å². The molecule has 1 fully saturated rings. The zero-order chi connectivity index (χ0) is 24.3. The van der Waals surface area contributed by atoms with Crippen LogP contribution in [0.4, 0.5) is 4.79 Å². The van der Waals surface area contributed by atoms with Crippen molar-refractivity contribution in [3.05, 3.63) is 60.0 Å². The minimum absolute atomic E-state index is 0.193. The molecule has 0 unspecified atom stereocenters. The molecule has 11 heteroatoms. The maximum atomic E-state index is 12.7. The zero-order valence-electron chi connectivity index (χ0n) is 17.7. The van der Waals surface area contributed by atoms with E-state index in [0.29, 0.717) is 27.1 Å². The number of ether oxygens (including phenoxy) is 3. The Labute approximate surface area is 218 Å². The number of imide groups is 1. The normalized spacial score (nSPS) is 15.7. The van der Waals surface area contributed by atoms with E-state index in [-0.39, 0.29) is 11.5 Å². The van der Waals surface area contributed by atoms with Crippen LogP contribution in [0.3, 0.4) is 0 Å². The Morgan fingerprint density at radius 2 is 1.91 bits per heavy atom. The molecule has 0 aliphatic carbocycles. The third kappa shape index (κ3) is 5.76. The number of nitrogens with zero attached hydrogens (tertiary/aromatic N) is 1. The molecule has 2 aromatic carbocycles. The summed E-state index contributed by atoms with van der Waals surface area (Å²) in [7, 11) is 2.71. The van der Waals surface area contributed by atoms with Gasteiger partial charge in [-0.05, 0) is 82.7 Å². The molecule has 0 N–H and O–H groups in total. The first-order chi connectivity index (χ1) is 15.7. The molecule has 0 spiro atoms. The second-order valence-corrected chi connectivity index (χ2v) is 9.79. The number of thioether (sulfide) groups is 1. The molecule has 0 aromatic heterocycles. The van der Waals surface area contributed by atoms with Crippen LogP contribution < -0.4 is 9.47 Å². The molecule has 2 aromatic rings. The van der Waals surface area contributed by atoms with Crippen LogP contribution in [0.15, 0.2) is 35.2 Å². The second kappa shape index (κ2) is 11.0. The molecule has 0 bridgehead atoms. The quantitative estimate of drug-likeness (QED) is 0.220. The summed E-state index contributed by atoms with van der Waals surface area (Å²) < 4.78 is 16.8. The van der Waals surface area contributed by atoms with Crippen molar-refractivity contribution in [1.82, 2.24) is 4.90 Å². The molecule has 33 heavy (non-hydrogen) atoms. The van der Waals surface area contributed by atoms with E-state index in [1.807, 2.05) is 6.07 Å². The van der Waals surface area contributed by atoms with E-state index in [1.165, 1.54) is 21.1 Å². The van der Waals surface area contributed by atoms with Crippen LogP contribution >= 0.6 is 57.6 Å². The van der Waals surface area contributed by atoms with Gasteiger partial charge in [0.2, 0.25) is 0 Å². The predicted molar refractivity (Wildman–Crippen MR) is 136 cm³/mol. The number of esters is 1. The molecule has 0 saturated carbocycles. The van der Waals surface area contributed by atoms with E-state index in [2.05, 4.69) is 27.3 Å². The van der Waals surface area contributed by atoms with Gasteiger partial charge in [0, 0.05) is 0 Å². The Kier molecular flexibility index (Phi) is 8.54. The summed E-state index contributed by atoms with van der Waals surface area (Å²) in [5.41, 5.74) is 1.47. The topological polar surface area (TPSA) is 82.1 Å². The molecular weight excluding hydrogens is 604 g/mol. The number of hydrogen-bond acceptors (Lipinski definition) is 7. The van der Waals surface area contributed by atoms with Gasteiger partial charge in [0.1, 0.15) is 12.6 Å². The maximum Gasteiger partial charge on any atom is 0.328 e. The van der Waals surface area contributed by atoms with Crippen molar-refractivity contribution in [3.8, 4) is 11.5 Å². The van der Waals surface area contributed by atoms with Gasteiger partial charge in [-0.25, -0.2) is 4.79 Å². The van der Waals surface area contributed by atoms with Crippen LogP contribution in [0, 0.1) is 3.57 Å². The Morgan fingerprint density at radius 3 is 2.55 bits per heavy atom. The third-order valence-electron chi connectivity index (χ3n) is 4.67. The Morgan fingerprint density at radius 1 is 1.18 bits per heavy atom. The lowest BCUT2D eigenvalue weighted by Gasteiger charge is -2.18. The van der Waals surface area contributed by atoms with Crippen LogP contribution in [-0.2, 0) is 20.9 Å². The van der Waals surface area contributed by atoms with Gasteiger partial charge >= 0.3 is 5.97 Å². The Bertz CT molecular complexity index is 1160. The molecular formula is C22H18Cl2INO6S. The van der Waals surface area contributed by atoms with Crippen LogP contribution in [0.5, 0.6) is 11.5 Å². The highest BCUT2D eigenvalue weighted by molar-refractivity contribution is 14.1. The highest BCUT2D eigenvalue weighted by atomic mass is 127. The summed E-state index contributed by atoms with van der Waals surface area (Å²) in [6.45, 7) is 1.68. The van der Waals surface area contributed by atoms with Crippen molar-refractivity contribution in [2.24, 2.45) is 0 Å². The first-order valence-corrected chi connectivity index (χ1v) is 12.1. The molecule has 7 nitrogen and oxygen atoms in total. The van der Waals surface area contributed by atoms with Gasteiger partial charge in [0.25, 0.3) is 11.1 Å². The highest BCUT2D eigenvalue weighted by Gasteiger charge is 2.41. The monoisotopic (exact) mass is 621 g/mol. The van der Waals surface area contributed by atoms with E-state index >= 15 is 0 Å². The number of carbonyl (C=O) groups is 3. The molecule has 1 atom stereocenters. The second-order valence-electron chi connectivity index (χ2n) is 6.82. The molecule has 1 saturated heterocycles. The first kappa shape index (κ1) is 25.7. The molecule has 1 heterocycles. The van der Waals surface area contributed by atoms with Gasteiger partial charge in [0.05, 0.1) is 32.7 Å². The molecule has 1 aliphatic rings. The van der Waals surface area contributed by atoms with E-state index < -0.39 is 23.2 Å². The van der Waals surface area contributed by atoms with Crippen molar-refractivity contribution < 1.29 is 28.6 Å². The van der Waals surface area contributed by atoms with Gasteiger partial charge in [0.15, 0.2) is 11.5 Å². The van der Waals surface area contributed by atoms with Gasteiger partial charge in [-0.3, -0.25) is 14.5 Å². The number of hydrogen-bond donors (Lipinski definition) is 0. The molecule has 174 valence electrons. The maximum absolute atomic E-state index is 12.7. The van der Waals surface area contributed by atoms with Gasteiger partial charge < -0.3 is 14.2 Å². The summed E-state index contributed by atoms with van der Waals surface area (Å²) in [4.78, 5) is 37.9. The summed E-state index contributed by atoms with van der Waals surface area (Å²) in [5, 5.41) is 0.361. The predicted octanol–water partition coefficient (Wildman–Crippen LogP) is 5.78. The Balaban J connectivity index is 1.83. The molecule has 2 amide bonds. The number of rotatable bonds is 7. The zero-order valence-corrected chi connectivity index (χ0v) is 22.2. The summed E-state index contributed by atoms with van der Waals surface area (Å²) in [5.74, 6) is -0.251. The first-order valence-electron chi connectivity index (χ1n) is 9.45. The van der Waals surface area contributed by atoms with Crippen LogP contribution in [0.2, 0.25) is 10.0 Å². The molecule has 3 rings (SSSR count).